The first kappa shape index (κ1) is 27.1. The van der Waals surface area contributed by atoms with Gasteiger partial charge in [-0.05, 0) is 154 Å². The van der Waals surface area contributed by atoms with Crippen LogP contribution >= 0.6 is 0 Å². The summed E-state index contributed by atoms with van der Waals surface area (Å²) in [5.41, 5.74) is 15.4. The molecule has 12 rings (SSSR count). The number of benzene rings is 6. The van der Waals surface area contributed by atoms with Crippen molar-refractivity contribution in [3.8, 4) is 22.3 Å². The Hall–Kier alpha value is -4.88. The summed E-state index contributed by atoms with van der Waals surface area (Å²) in [5, 5.41) is 2.72. The molecule has 1 nitrogen and oxygen atoms in total. The van der Waals surface area contributed by atoms with Crippen LogP contribution in [0.2, 0.25) is 0 Å². The van der Waals surface area contributed by atoms with Gasteiger partial charge in [-0.15, -0.1) is 0 Å². The Morgan fingerprint density at radius 3 is 2.04 bits per heavy atom. The molecule has 0 radical (unpaired) electrons. The Morgan fingerprint density at radius 1 is 0.542 bits per heavy atom. The molecule has 0 aliphatic heterocycles. The molecule has 0 amide bonds. The smallest absolute Gasteiger partial charge is 0.0473 e. The van der Waals surface area contributed by atoms with Crippen LogP contribution in [0.1, 0.15) is 54.4 Å². The third kappa shape index (κ3) is 3.68. The van der Waals surface area contributed by atoms with Crippen LogP contribution < -0.4 is 4.90 Å². The molecule has 4 bridgehead atoms. The predicted molar refractivity (Wildman–Crippen MR) is 200 cm³/mol. The van der Waals surface area contributed by atoms with Gasteiger partial charge in [-0.3, -0.25) is 0 Å². The molecule has 0 N–H and O–H groups in total. The molecule has 6 aliphatic rings. The highest BCUT2D eigenvalue weighted by Gasteiger charge is 2.62. The van der Waals surface area contributed by atoms with Crippen molar-refractivity contribution in [2.24, 2.45) is 23.7 Å². The van der Waals surface area contributed by atoms with Crippen molar-refractivity contribution in [3.63, 3.8) is 0 Å². The van der Waals surface area contributed by atoms with E-state index in [4.69, 9.17) is 0 Å². The van der Waals surface area contributed by atoms with Gasteiger partial charge in [-0.25, -0.2) is 0 Å². The van der Waals surface area contributed by atoms with E-state index in [1.54, 1.807) is 11.1 Å². The highest BCUT2D eigenvalue weighted by atomic mass is 15.1. The summed E-state index contributed by atoms with van der Waals surface area (Å²) in [7, 11) is 0. The molecule has 0 unspecified atom stereocenters. The van der Waals surface area contributed by atoms with E-state index in [0.29, 0.717) is 11.8 Å². The van der Waals surface area contributed by atoms with Gasteiger partial charge in [-0.1, -0.05) is 103 Å². The maximum absolute atomic E-state index is 2.65. The van der Waals surface area contributed by atoms with Gasteiger partial charge in [0.1, 0.15) is 0 Å². The summed E-state index contributed by atoms with van der Waals surface area (Å²) in [4.78, 5) is 2.55. The molecule has 4 saturated carbocycles. The fourth-order valence-corrected chi connectivity index (χ4v) is 11.5. The fraction of sp³-hybridized carbons (Fsp3) is 0.234. The molecule has 6 aromatic carbocycles. The summed E-state index contributed by atoms with van der Waals surface area (Å²) in [6, 6.07) is 48.7. The highest BCUT2D eigenvalue weighted by molar-refractivity contribution is 6.00. The van der Waals surface area contributed by atoms with Gasteiger partial charge in [0.05, 0.1) is 0 Å². The number of rotatable bonds is 4. The topological polar surface area (TPSA) is 3.24 Å². The van der Waals surface area contributed by atoms with Crippen LogP contribution in [0.4, 0.5) is 17.1 Å². The van der Waals surface area contributed by atoms with E-state index >= 15 is 0 Å². The summed E-state index contributed by atoms with van der Waals surface area (Å²) < 4.78 is 0. The highest BCUT2D eigenvalue weighted by Crippen LogP contribution is 2.70. The summed E-state index contributed by atoms with van der Waals surface area (Å²) >= 11 is 0. The average Bonchev–Trinajstić information content (AvgIpc) is 3.42. The van der Waals surface area contributed by atoms with E-state index in [0.717, 1.165) is 18.3 Å². The second-order valence-electron chi connectivity index (χ2n) is 15.3. The zero-order valence-corrected chi connectivity index (χ0v) is 27.3. The van der Waals surface area contributed by atoms with E-state index in [1.807, 2.05) is 0 Å². The van der Waals surface area contributed by atoms with Crippen LogP contribution in [-0.4, -0.2) is 0 Å². The first-order valence-corrected chi connectivity index (χ1v) is 18.2. The van der Waals surface area contributed by atoms with E-state index in [1.165, 1.54) is 93.3 Å². The van der Waals surface area contributed by atoms with Crippen molar-refractivity contribution in [1.29, 1.82) is 0 Å². The maximum Gasteiger partial charge on any atom is 0.0473 e. The van der Waals surface area contributed by atoms with Gasteiger partial charge >= 0.3 is 0 Å². The second kappa shape index (κ2) is 10.1. The first-order chi connectivity index (χ1) is 23.8. The van der Waals surface area contributed by atoms with Gasteiger partial charge in [0, 0.05) is 22.5 Å². The fourth-order valence-electron chi connectivity index (χ4n) is 11.5. The Labute approximate surface area is 283 Å². The van der Waals surface area contributed by atoms with E-state index in [-0.39, 0.29) is 5.41 Å². The van der Waals surface area contributed by atoms with Crippen LogP contribution in [0.3, 0.4) is 0 Å². The number of allylic oxidation sites excluding steroid dienone is 1. The van der Waals surface area contributed by atoms with Gasteiger partial charge in [-0.2, -0.15) is 0 Å². The van der Waals surface area contributed by atoms with Crippen molar-refractivity contribution in [2.45, 2.75) is 43.9 Å². The van der Waals surface area contributed by atoms with Crippen LogP contribution in [0, 0.1) is 23.7 Å². The number of anilines is 3. The molecule has 4 fully saturated rings. The van der Waals surface area contributed by atoms with Gasteiger partial charge in [0.25, 0.3) is 0 Å². The van der Waals surface area contributed by atoms with Crippen molar-refractivity contribution >= 4 is 33.9 Å². The summed E-state index contributed by atoms with van der Waals surface area (Å²) in [5.74, 6) is 3.27. The molecule has 0 aromatic heterocycles. The number of hydrogen-bond acceptors (Lipinski definition) is 1. The molecular formula is C47H39N. The number of para-hydroxylation sites is 1. The molecule has 232 valence electrons. The Balaban J connectivity index is 1.22. The van der Waals surface area contributed by atoms with Gasteiger partial charge in [0.2, 0.25) is 0 Å². The Morgan fingerprint density at radius 2 is 1.25 bits per heavy atom. The number of fused-ring (bicyclic) bond motifs is 3. The Kier molecular flexibility index (Phi) is 5.68. The lowest BCUT2D eigenvalue weighted by molar-refractivity contribution is -0.0399. The molecule has 1 spiro atoms. The molecule has 6 aromatic rings. The zero-order chi connectivity index (χ0) is 31.4. The zero-order valence-electron chi connectivity index (χ0n) is 27.3. The first-order valence-electron chi connectivity index (χ1n) is 18.2. The van der Waals surface area contributed by atoms with Crippen LogP contribution in [0.5, 0.6) is 0 Å². The van der Waals surface area contributed by atoms with Crippen molar-refractivity contribution in [2.75, 3.05) is 4.90 Å². The Bertz CT molecular complexity index is 2250. The summed E-state index contributed by atoms with van der Waals surface area (Å²) in [6.45, 7) is 0. The van der Waals surface area contributed by atoms with E-state index < -0.39 is 0 Å². The third-order valence-electron chi connectivity index (χ3n) is 13.0. The van der Waals surface area contributed by atoms with Crippen molar-refractivity contribution in [1.82, 2.24) is 0 Å². The third-order valence-corrected chi connectivity index (χ3v) is 13.0. The molecule has 48 heavy (non-hydrogen) atoms. The number of hydrogen-bond donors (Lipinski definition) is 0. The van der Waals surface area contributed by atoms with Crippen molar-refractivity contribution < 1.29 is 0 Å². The van der Waals surface area contributed by atoms with E-state index in [2.05, 4.69) is 144 Å². The standard InChI is InChI=1S/C47H39N/c1-3-11-32(12-4-1)42-28-40(48(38-17-5-2-6-18-38)39-26-34-15-9-13-33-14-10-16-35(27-39)45(33)34)29-44-46(42)41-19-7-8-20-43(41)47(44)36-22-30-21-31(24-36)25-37(47)23-30/h1-13,15-20,26-31,36-37H,14,21-25H2. The van der Waals surface area contributed by atoms with Crippen LogP contribution in [0.25, 0.3) is 39.1 Å². The lowest BCUT2D eigenvalue weighted by Gasteiger charge is -2.61. The van der Waals surface area contributed by atoms with Crippen LogP contribution in [0.15, 0.2) is 133 Å². The average molecular weight is 618 g/mol. The maximum atomic E-state index is 2.65. The quantitative estimate of drug-likeness (QED) is 0.190. The molecule has 0 saturated heterocycles. The van der Waals surface area contributed by atoms with Gasteiger partial charge < -0.3 is 4.90 Å². The molecule has 0 heterocycles. The minimum Gasteiger partial charge on any atom is -0.310 e. The monoisotopic (exact) mass is 617 g/mol. The van der Waals surface area contributed by atoms with Gasteiger partial charge in [0.15, 0.2) is 0 Å². The molecular weight excluding hydrogens is 579 g/mol. The lowest BCUT2D eigenvalue weighted by atomic mass is 9.43. The van der Waals surface area contributed by atoms with E-state index in [9.17, 15) is 0 Å². The second-order valence-corrected chi connectivity index (χ2v) is 15.3. The molecule has 0 atom stereocenters. The number of nitrogens with zero attached hydrogens (tertiary/aromatic N) is 1. The lowest BCUT2D eigenvalue weighted by Crippen LogP contribution is -2.55. The minimum absolute atomic E-state index is 0.0915. The molecule has 1 heteroatoms. The predicted octanol–water partition coefficient (Wildman–Crippen LogP) is 12.3. The van der Waals surface area contributed by atoms with Crippen LogP contribution in [-0.2, 0) is 11.8 Å². The SMILES string of the molecule is C1=Cc2cc(N(c3ccccc3)c3cc(-c4ccccc4)c4c(c3)C3(c5ccccc5-4)C4CC5CC(C4)CC3C5)cc3cccc(c23)C1. The normalized spacial score (nSPS) is 25.4. The summed E-state index contributed by atoms with van der Waals surface area (Å²) in [6.07, 6.45) is 12.7. The molecule has 6 aliphatic carbocycles. The van der Waals surface area contributed by atoms with Crippen molar-refractivity contribution in [3.05, 3.63) is 156 Å². The minimum atomic E-state index is 0.0915. The largest absolute Gasteiger partial charge is 0.310 e.